The average Bonchev–Trinajstić information content (AvgIpc) is 2.02. The van der Waals surface area contributed by atoms with E-state index in [0.717, 1.165) is 12.8 Å². The normalized spacial score (nSPS) is 11.1. The van der Waals surface area contributed by atoms with E-state index >= 15 is 0 Å². The molecule has 0 heterocycles. The van der Waals surface area contributed by atoms with Gasteiger partial charge in [-0.15, -0.1) is 0 Å². The van der Waals surface area contributed by atoms with Gasteiger partial charge in [0.2, 0.25) is 5.91 Å². The average molecular weight is 201 g/mol. The van der Waals surface area contributed by atoms with E-state index in [1.807, 2.05) is 6.92 Å². The van der Waals surface area contributed by atoms with E-state index in [1.54, 1.807) is 13.8 Å². The third-order valence-corrected chi connectivity index (χ3v) is 2.02. The summed E-state index contributed by atoms with van der Waals surface area (Å²) in [4.78, 5) is 22.0. The van der Waals surface area contributed by atoms with Crippen molar-refractivity contribution in [2.45, 2.75) is 40.0 Å². The Hall–Kier alpha value is -1.06. The highest BCUT2D eigenvalue weighted by Gasteiger charge is 2.29. The Morgan fingerprint density at radius 2 is 1.93 bits per heavy atom. The molecule has 0 fully saturated rings. The van der Waals surface area contributed by atoms with Gasteiger partial charge in [0.25, 0.3) is 0 Å². The minimum atomic E-state index is -0.944. The van der Waals surface area contributed by atoms with Crippen molar-refractivity contribution in [1.82, 2.24) is 5.32 Å². The van der Waals surface area contributed by atoms with Crippen LogP contribution in [0.3, 0.4) is 0 Å². The first-order valence-electron chi connectivity index (χ1n) is 4.90. The second-order valence-electron chi connectivity index (χ2n) is 4.06. The summed E-state index contributed by atoms with van der Waals surface area (Å²) in [6.45, 7) is 5.94. The van der Waals surface area contributed by atoms with Gasteiger partial charge < -0.3 is 10.4 Å². The number of carbonyl (C=O) groups is 2. The number of amides is 1. The van der Waals surface area contributed by atoms with Gasteiger partial charge in [-0.25, -0.2) is 0 Å². The predicted octanol–water partition coefficient (Wildman–Crippen LogP) is 1.40. The molecule has 0 bridgehead atoms. The van der Waals surface area contributed by atoms with Gasteiger partial charge in [0.05, 0.1) is 11.8 Å². The smallest absolute Gasteiger partial charge is 0.304 e. The summed E-state index contributed by atoms with van der Waals surface area (Å²) in [7, 11) is 0. The van der Waals surface area contributed by atoms with E-state index < -0.39 is 11.4 Å². The maximum absolute atomic E-state index is 11.5. The van der Waals surface area contributed by atoms with Gasteiger partial charge in [0.1, 0.15) is 0 Å². The van der Waals surface area contributed by atoms with Crippen LogP contribution < -0.4 is 5.32 Å². The van der Waals surface area contributed by atoms with Crippen molar-refractivity contribution in [2.24, 2.45) is 5.41 Å². The Bertz CT molecular complexity index is 211. The van der Waals surface area contributed by atoms with E-state index in [1.165, 1.54) is 0 Å². The monoisotopic (exact) mass is 201 g/mol. The number of carboxylic acids is 1. The van der Waals surface area contributed by atoms with Crippen molar-refractivity contribution in [3.05, 3.63) is 0 Å². The molecule has 0 unspecified atom stereocenters. The lowest BCUT2D eigenvalue weighted by molar-refractivity contribution is -0.144. The fraction of sp³-hybridized carbons (Fsp3) is 0.800. The molecule has 0 aromatic rings. The summed E-state index contributed by atoms with van der Waals surface area (Å²) in [6.07, 6.45) is 1.81. The van der Waals surface area contributed by atoms with Gasteiger partial charge in [-0.1, -0.05) is 27.2 Å². The lowest BCUT2D eigenvalue weighted by Gasteiger charge is -2.21. The van der Waals surface area contributed by atoms with Gasteiger partial charge in [0, 0.05) is 6.54 Å². The highest BCUT2D eigenvalue weighted by Crippen LogP contribution is 2.20. The van der Waals surface area contributed by atoms with Crippen molar-refractivity contribution in [2.75, 3.05) is 6.54 Å². The first kappa shape index (κ1) is 12.9. The summed E-state index contributed by atoms with van der Waals surface area (Å²) >= 11 is 0. The Balaban J connectivity index is 4.01. The molecule has 0 rings (SSSR count). The van der Waals surface area contributed by atoms with Crippen LogP contribution >= 0.6 is 0 Å². The zero-order valence-corrected chi connectivity index (χ0v) is 9.09. The molecule has 0 spiro atoms. The summed E-state index contributed by atoms with van der Waals surface area (Å²) in [5, 5.41) is 11.3. The molecular weight excluding hydrogens is 182 g/mol. The van der Waals surface area contributed by atoms with Crippen LogP contribution in [0.2, 0.25) is 0 Å². The second-order valence-corrected chi connectivity index (χ2v) is 4.06. The maximum atomic E-state index is 11.5. The molecule has 0 aliphatic heterocycles. The summed E-state index contributed by atoms with van der Waals surface area (Å²) in [5.74, 6) is -1.13. The van der Waals surface area contributed by atoms with E-state index in [2.05, 4.69) is 5.32 Å². The first-order chi connectivity index (χ1) is 6.40. The standard InChI is InChI=1S/C10H19NO3/c1-4-5-6-11-9(14)10(2,3)7-8(12)13/h4-7H2,1-3H3,(H,11,14)(H,12,13). The molecule has 0 saturated heterocycles. The Labute approximate surface area is 84.7 Å². The minimum Gasteiger partial charge on any atom is -0.481 e. The first-order valence-corrected chi connectivity index (χ1v) is 4.90. The summed E-state index contributed by atoms with van der Waals surface area (Å²) in [5.41, 5.74) is -0.820. The zero-order valence-electron chi connectivity index (χ0n) is 9.09. The molecule has 2 N–H and O–H groups in total. The summed E-state index contributed by atoms with van der Waals surface area (Å²) < 4.78 is 0. The maximum Gasteiger partial charge on any atom is 0.304 e. The molecule has 0 aromatic carbocycles. The number of hydrogen-bond acceptors (Lipinski definition) is 2. The van der Waals surface area contributed by atoms with E-state index in [4.69, 9.17) is 5.11 Å². The van der Waals surface area contributed by atoms with Crippen molar-refractivity contribution in [3.63, 3.8) is 0 Å². The van der Waals surface area contributed by atoms with Crippen molar-refractivity contribution in [3.8, 4) is 0 Å². The third kappa shape index (κ3) is 4.84. The summed E-state index contributed by atoms with van der Waals surface area (Å²) in [6, 6.07) is 0. The fourth-order valence-electron chi connectivity index (χ4n) is 1.08. The number of hydrogen-bond donors (Lipinski definition) is 2. The Morgan fingerprint density at radius 1 is 1.36 bits per heavy atom. The number of carbonyl (C=O) groups excluding carboxylic acids is 1. The molecule has 82 valence electrons. The van der Waals surface area contributed by atoms with E-state index in [-0.39, 0.29) is 12.3 Å². The van der Waals surface area contributed by atoms with Crippen LogP contribution in [0.25, 0.3) is 0 Å². The van der Waals surface area contributed by atoms with Gasteiger partial charge in [-0.2, -0.15) is 0 Å². The highest BCUT2D eigenvalue weighted by atomic mass is 16.4. The number of nitrogens with one attached hydrogen (secondary N) is 1. The molecule has 0 aliphatic rings. The van der Waals surface area contributed by atoms with Crippen LogP contribution in [0.4, 0.5) is 0 Å². The second kappa shape index (κ2) is 5.62. The highest BCUT2D eigenvalue weighted by molar-refractivity contribution is 5.86. The van der Waals surface area contributed by atoms with Gasteiger partial charge in [-0.3, -0.25) is 9.59 Å². The molecule has 0 radical (unpaired) electrons. The van der Waals surface area contributed by atoms with Gasteiger partial charge in [-0.05, 0) is 6.42 Å². The lowest BCUT2D eigenvalue weighted by atomic mass is 9.88. The van der Waals surface area contributed by atoms with Crippen molar-refractivity contribution >= 4 is 11.9 Å². The van der Waals surface area contributed by atoms with Crippen LogP contribution in [0, 0.1) is 5.41 Å². The fourth-order valence-corrected chi connectivity index (χ4v) is 1.08. The van der Waals surface area contributed by atoms with Crippen LogP contribution in [-0.4, -0.2) is 23.5 Å². The zero-order chi connectivity index (χ0) is 11.2. The number of rotatable bonds is 6. The van der Waals surface area contributed by atoms with Gasteiger partial charge in [0.15, 0.2) is 0 Å². The quantitative estimate of drug-likeness (QED) is 0.638. The van der Waals surface area contributed by atoms with Crippen molar-refractivity contribution in [1.29, 1.82) is 0 Å². The molecule has 4 nitrogen and oxygen atoms in total. The molecule has 0 aliphatic carbocycles. The van der Waals surface area contributed by atoms with Crippen molar-refractivity contribution < 1.29 is 14.7 Å². The SMILES string of the molecule is CCCCNC(=O)C(C)(C)CC(=O)O. The lowest BCUT2D eigenvalue weighted by Crippen LogP contribution is -2.38. The molecule has 0 saturated carbocycles. The van der Waals surface area contributed by atoms with Crippen LogP contribution in [0.1, 0.15) is 40.0 Å². The Morgan fingerprint density at radius 3 is 2.36 bits per heavy atom. The van der Waals surface area contributed by atoms with Crippen LogP contribution in [0.5, 0.6) is 0 Å². The molecule has 14 heavy (non-hydrogen) atoms. The molecule has 4 heteroatoms. The number of carboxylic acid groups (broad SMARTS) is 1. The van der Waals surface area contributed by atoms with Crippen LogP contribution in [-0.2, 0) is 9.59 Å². The minimum absolute atomic E-state index is 0.134. The molecule has 1 amide bonds. The topological polar surface area (TPSA) is 66.4 Å². The van der Waals surface area contributed by atoms with E-state index in [0.29, 0.717) is 6.54 Å². The number of aliphatic carboxylic acids is 1. The Kier molecular flexibility index (Phi) is 5.20. The van der Waals surface area contributed by atoms with Crippen LogP contribution in [0.15, 0.2) is 0 Å². The molecule has 0 atom stereocenters. The molecule has 0 aromatic heterocycles. The third-order valence-electron chi connectivity index (χ3n) is 2.02. The largest absolute Gasteiger partial charge is 0.481 e. The van der Waals surface area contributed by atoms with E-state index in [9.17, 15) is 9.59 Å². The molecular formula is C10H19NO3. The van der Waals surface area contributed by atoms with Gasteiger partial charge >= 0.3 is 5.97 Å². The number of unbranched alkanes of at least 4 members (excludes halogenated alkanes) is 1. The predicted molar refractivity (Wildman–Crippen MR) is 54.0 cm³/mol.